The first-order valence-corrected chi connectivity index (χ1v) is 8.08. The zero-order valence-corrected chi connectivity index (χ0v) is 15.8. The summed E-state index contributed by atoms with van der Waals surface area (Å²) in [6.45, 7) is -0.676. The van der Waals surface area contributed by atoms with Crippen LogP contribution in [0.3, 0.4) is 0 Å². The van der Waals surface area contributed by atoms with Crippen molar-refractivity contribution in [1.82, 2.24) is 10.3 Å². The Morgan fingerprint density at radius 1 is 1.27 bits per heavy atom. The van der Waals surface area contributed by atoms with Crippen LogP contribution in [-0.4, -0.2) is 43.1 Å². The Balaban J connectivity index is 0.00000169. The van der Waals surface area contributed by atoms with E-state index in [0.717, 1.165) is 5.56 Å². The molecular weight excluding hydrogens is 411 g/mol. The molecule has 0 aliphatic carbocycles. The molecule has 26 heavy (non-hydrogen) atoms. The smallest absolute Gasteiger partial charge is 0.277 e. The van der Waals surface area contributed by atoms with E-state index in [-0.39, 0.29) is 30.5 Å². The van der Waals surface area contributed by atoms with Crippen molar-refractivity contribution in [1.29, 1.82) is 0 Å². The summed E-state index contributed by atoms with van der Waals surface area (Å²) in [5, 5.41) is 4.24. The van der Waals surface area contributed by atoms with Crippen LogP contribution in [0.5, 0.6) is 11.5 Å². The van der Waals surface area contributed by atoms with Crippen LogP contribution in [0.15, 0.2) is 23.6 Å². The zero-order valence-electron chi connectivity index (χ0n) is 13.4. The molecule has 0 unspecified atom stereocenters. The fourth-order valence-electron chi connectivity index (χ4n) is 2.06. The second-order valence-corrected chi connectivity index (χ2v) is 6.00. The van der Waals surface area contributed by atoms with Crippen LogP contribution < -0.4 is 20.5 Å². The van der Waals surface area contributed by atoms with Crippen LogP contribution in [0.2, 0.25) is 0 Å². The summed E-state index contributed by atoms with van der Waals surface area (Å²) in [6.07, 6.45) is 0. The molecule has 3 rings (SSSR count). The van der Waals surface area contributed by atoms with Crippen LogP contribution in [0.4, 0.5) is 8.78 Å². The van der Waals surface area contributed by atoms with Crippen LogP contribution in [0.1, 0.15) is 10.5 Å². The van der Waals surface area contributed by atoms with Crippen LogP contribution >= 0.6 is 36.2 Å². The summed E-state index contributed by atoms with van der Waals surface area (Å²) in [5.74, 6) is -2.53. The number of carbonyl (C=O) groups excluding carboxylic acids is 1. The fraction of sp³-hybridized carbons (Fsp3) is 0.333. The normalized spacial score (nSPS) is 12.6. The van der Waals surface area contributed by atoms with Gasteiger partial charge in [0, 0.05) is 10.9 Å². The van der Waals surface area contributed by atoms with Crippen molar-refractivity contribution in [2.75, 3.05) is 26.3 Å². The lowest BCUT2D eigenvalue weighted by Gasteiger charge is -2.18. The summed E-state index contributed by atoms with van der Waals surface area (Å²) < 4.78 is 37.1. The molecule has 0 fully saturated rings. The van der Waals surface area contributed by atoms with Crippen LogP contribution in [0.25, 0.3) is 10.6 Å². The third-order valence-corrected chi connectivity index (χ3v) is 4.22. The van der Waals surface area contributed by atoms with Crippen molar-refractivity contribution in [2.24, 2.45) is 5.73 Å². The summed E-state index contributed by atoms with van der Waals surface area (Å²) in [6, 6.07) is 5.35. The first kappa shape index (κ1) is 22.4. The number of nitrogens with zero attached hydrogens (tertiary/aromatic N) is 1. The molecule has 144 valence electrons. The average molecular weight is 428 g/mol. The third kappa shape index (κ3) is 5.16. The number of alkyl halides is 2. The number of halogens is 4. The van der Waals surface area contributed by atoms with Gasteiger partial charge >= 0.3 is 0 Å². The van der Waals surface area contributed by atoms with Crippen molar-refractivity contribution < 1.29 is 23.0 Å². The number of thiazole rings is 1. The highest BCUT2D eigenvalue weighted by molar-refractivity contribution is 7.13. The van der Waals surface area contributed by atoms with Gasteiger partial charge in [-0.1, -0.05) is 0 Å². The van der Waals surface area contributed by atoms with Crippen LogP contribution in [0, 0.1) is 0 Å². The standard InChI is InChI=1S/C15H15F2N3O3S.2ClH/c16-15(17,7-18)8-19-13(21)10-6-24-14(20-10)9-1-2-11-12(5-9)23-4-3-22-11;;/h1-2,5-6H,3-4,7-8,18H2,(H,19,21);2*1H. The zero-order chi connectivity index (χ0) is 17.2. The number of nitrogens with one attached hydrogen (secondary N) is 1. The first-order chi connectivity index (χ1) is 11.5. The number of ether oxygens (including phenoxy) is 2. The van der Waals surface area contributed by atoms with E-state index in [2.05, 4.69) is 10.3 Å². The Labute approximate surface area is 164 Å². The van der Waals surface area contributed by atoms with Gasteiger partial charge in [0.1, 0.15) is 23.9 Å². The highest BCUT2D eigenvalue weighted by atomic mass is 35.5. The van der Waals surface area contributed by atoms with Gasteiger partial charge in [0.05, 0.1) is 13.1 Å². The van der Waals surface area contributed by atoms with Crippen molar-refractivity contribution in [3.05, 3.63) is 29.3 Å². The quantitative estimate of drug-likeness (QED) is 0.765. The maximum absolute atomic E-state index is 13.1. The summed E-state index contributed by atoms with van der Waals surface area (Å²) >= 11 is 1.24. The average Bonchev–Trinajstić information content (AvgIpc) is 3.09. The van der Waals surface area contributed by atoms with Gasteiger partial charge < -0.3 is 20.5 Å². The van der Waals surface area contributed by atoms with E-state index in [4.69, 9.17) is 15.2 Å². The molecule has 0 bridgehead atoms. The summed E-state index contributed by atoms with van der Waals surface area (Å²) in [7, 11) is 0. The maximum Gasteiger partial charge on any atom is 0.277 e. The molecule has 0 radical (unpaired) electrons. The molecule has 1 amide bonds. The Bertz CT molecular complexity index is 761. The van der Waals surface area contributed by atoms with E-state index >= 15 is 0 Å². The number of aromatic nitrogens is 1. The molecule has 11 heteroatoms. The van der Waals surface area contributed by atoms with E-state index in [1.807, 2.05) is 0 Å². The van der Waals surface area contributed by atoms with Crippen molar-refractivity contribution >= 4 is 42.1 Å². The molecule has 3 N–H and O–H groups in total. The topological polar surface area (TPSA) is 86.5 Å². The second kappa shape index (κ2) is 9.31. The number of carbonyl (C=O) groups is 1. The van der Waals surface area contributed by atoms with Gasteiger partial charge in [-0.25, -0.2) is 13.8 Å². The monoisotopic (exact) mass is 427 g/mol. The number of hydrogen-bond donors (Lipinski definition) is 2. The molecule has 2 aromatic rings. The minimum Gasteiger partial charge on any atom is -0.486 e. The Hall–Kier alpha value is -1.68. The second-order valence-electron chi connectivity index (χ2n) is 5.14. The van der Waals surface area contributed by atoms with Gasteiger partial charge in [0.15, 0.2) is 11.5 Å². The molecule has 6 nitrogen and oxygen atoms in total. The molecule has 0 atom stereocenters. The number of benzene rings is 1. The Kier molecular flexibility index (Phi) is 8.01. The lowest BCUT2D eigenvalue weighted by molar-refractivity contribution is 0.0118. The molecular formula is C15H17Cl2F2N3O3S. The van der Waals surface area contributed by atoms with Gasteiger partial charge in [0.25, 0.3) is 11.8 Å². The fourth-order valence-corrected chi connectivity index (χ4v) is 2.86. The van der Waals surface area contributed by atoms with Crippen molar-refractivity contribution in [3.8, 4) is 22.1 Å². The van der Waals surface area contributed by atoms with Crippen molar-refractivity contribution in [3.63, 3.8) is 0 Å². The molecule has 1 aliphatic rings. The Morgan fingerprint density at radius 2 is 1.96 bits per heavy atom. The van der Waals surface area contributed by atoms with Crippen molar-refractivity contribution in [2.45, 2.75) is 5.92 Å². The number of rotatable bonds is 5. The molecule has 2 heterocycles. The highest BCUT2D eigenvalue weighted by Crippen LogP contribution is 2.35. The highest BCUT2D eigenvalue weighted by Gasteiger charge is 2.27. The van der Waals surface area contributed by atoms with Gasteiger partial charge in [0.2, 0.25) is 0 Å². The van der Waals surface area contributed by atoms with E-state index in [1.54, 1.807) is 18.2 Å². The molecule has 1 aromatic carbocycles. The van der Waals surface area contributed by atoms with E-state index in [9.17, 15) is 13.6 Å². The minimum absolute atomic E-state index is 0. The molecule has 1 aromatic heterocycles. The van der Waals surface area contributed by atoms with E-state index in [0.29, 0.717) is 29.7 Å². The van der Waals surface area contributed by atoms with Gasteiger partial charge in [-0.2, -0.15) is 0 Å². The largest absolute Gasteiger partial charge is 0.486 e. The van der Waals surface area contributed by atoms with Gasteiger partial charge in [-0.05, 0) is 18.2 Å². The lowest BCUT2D eigenvalue weighted by atomic mass is 10.2. The first-order valence-electron chi connectivity index (χ1n) is 7.20. The van der Waals surface area contributed by atoms with Gasteiger partial charge in [-0.15, -0.1) is 36.2 Å². The molecule has 0 saturated heterocycles. The SMILES string of the molecule is Cl.Cl.NCC(F)(F)CNC(=O)c1csc(-c2ccc3c(c2)OCCO3)n1. The molecule has 0 saturated carbocycles. The summed E-state index contributed by atoms with van der Waals surface area (Å²) in [4.78, 5) is 16.1. The molecule has 0 spiro atoms. The lowest BCUT2D eigenvalue weighted by Crippen LogP contribution is -2.41. The van der Waals surface area contributed by atoms with Crippen LogP contribution in [-0.2, 0) is 0 Å². The third-order valence-electron chi connectivity index (χ3n) is 3.33. The number of nitrogens with two attached hydrogens (primary N) is 1. The summed E-state index contributed by atoms with van der Waals surface area (Å²) in [5.41, 5.74) is 5.77. The number of amides is 1. The van der Waals surface area contributed by atoms with E-state index in [1.165, 1.54) is 16.7 Å². The predicted molar refractivity (Wildman–Crippen MR) is 99.4 cm³/mol. The van der Waals surface area contributed by atoms with Gasteiger partial charge in [-0.3, -0.25) is 4.79 Å². The molecule has 1 aliphatic heterocycles. The maximum atomic E-state index is 13.1. The minimum atomic E-state index is -3.13. The Morgan fingerprint density at radius 3 is 2.65 bits per heavy atom. The number of hydrogen-bond acceptors (Lipinski definition) is 6. The van der Waals surface area contributed by atoms with E-state index < -0.39 is 24.9 Å². The number of fused-ring (bicyclic) bond motifs is 1. The predicted octanol–water partition coefficient (Wildman–Crippen LogP) is 2.75.